The number of piperidine rings is 1. The Morgan fingerprint density at radius 2 is 2.03 bits per heavy atom. The summed E-state index contributed by atoms with van der Waals surface area (Å²) in [6.45, 7) is 5.43. The van der Waals surface area contributed by atoms with Gasteiger partial charge in [-0.05, 0) is 24.8 Å². The van der Waals surface area contributed by atoms with E-state index in [4.69, 9.17) is 4.74 Å². The Morgan fingerprint density at radius 3 is 2.86 bits per heavy atom. The van der Waals surface area contributed by atoms with Gasteiger partial charge in [0.05, 0.1) is 7.11 Å². The molecule has 0 spiro atoms. The largest absolute Gasteiger partial charge is 0.467 e. The van der Waals surface area contributed by atoms with Crippen LogP contribution in [0.15, 0.2) is 23.0 Å². The second-order valence-corrected chi connectivity index (χ2v) is 8.04. The average Bonchev–Trinajstić information content (AvgIpc) is 2.74. The summed E-state index contributed by atoms with van der Waals surface area (Å²) in [5, 5.41) is 3.32. The van der Waals surface area contributed by atoms with Crippen molar-refractivity contribution in [2.75, 3.05) is 37.0 Å². The molecule has 0 amide bonds. The zero-order valence-electron chi connectivity index (χ0n) is 17.3. The van der Waals surface area contributed by atoms with E-state index in [2.05, 4.69) is 38.2 Å². The summed E-state index contributed by atoms with van der Waals surface area (Å²) in [5.41, 5.74) is 1.22. The molecule has 2 aromatic rings. The lowest BCUT2D eigenvalue weighted by Gasteiger charge is -2.42. The van der Waals surface area contributed by atoms with E-state index in [1.807, 2.05) is 10.6 Å². The van der Waals surface area contributed by atoms with Crippen LogP contribution in [0.3, 0.4) is 0 Å². The summed E-state index contributed by atoms with van der Waals surface area (Å²) >= 11 is 0. The monoisotopic (exact) mass is 398 g/mol. The van der Waals surface area contributed by atoms with E-state index in [0.29, 0.717) is 29.7 Å². The average molecular weight is 399 g/mol. The Balaban J connectivity index is 1.51. The molecule has 4 rings (SSSR count). The van der Waals surface area contributed by atoms with Crippen LogP contribution in [0.4, 0.5) is 11.9 Å². The minimum atomic E-state index is 0.0991. The normalized spacial score (nSPS) is 20.3. The van der Waals surface area contributed by atoms with E-state index in [1.165, 1.54) is 19.3 Å². The molecule has 1 fully saturated rings. The number of unbranched alkanes of at least 4 members (excludes halogenated alkanes) is 3. The van der Waals surface area contributed by atoms with Crippen molar-refractivity contribution >= 4 is 11.9 Å². The molecule has 156 valence electrons. The zero-order valence-corrected chi connectivity index (χ0v) is 17.3. The molecule has 0 aromatic carbocycles. The summed E-state index contributed by atoms with van der Waals surface area (Å²) in [5.74, 6) is 1.93. The van der Waals surface area contributed by atoms with Crippen molar-refractivity contribution in [2.45, 2.75) is 51.5 Å². The van der Waals surface area contributed by atoms with Crippen LogP contribution in [-0.2, 0) is 6.54 Å². The van der Waals surface area contributed by atoms with Gasteiger partial charge in [-0.15, -0.1) is 0 Å². The van der Waals surface area contributed by atoms with Crippen LogP contribution in [0.1, 0.15) is 50.6 Å². The van der Waals surface area contributed by atoms with E-state index >= 15 is 0 Å². The Labute approximate surface area is 171 Å². The SMILES string of the molecule is CCCCCCNc1nc(OC)nc(N2C[C@@H]3C[C@@H](C2)c2cccc(=O)n2C3)n1. The minimum Gasteiger partial charge on any atom is -0.467 e. The smallest absolute Gasteiger partial charge is 0.322 e. The topological polar surface area (TPSA) is 85.2 Å². The molecule has 0 aliphatic carbocycles. The molecule has 0 radical (unpaired) electrons. The van der Waals surface area contributed by atoms with Crippen LogP contribution in [-0.4, -0.2) is 46.3 Å². The molecule has 29 heavy (non-hydrogen) atoms. The number of hydrogen-bond donors (Lipinski definition) is 1. The number of pyridine rings is 1. The Kier molecular flexibility index (Phi) is 5.97. The highest BCUT2D eigenvalue weighted by molar-refractivity contribution is 5.40. The molecule has 2 aliphatic heterocycles. The number of anilines is 2. The van der Waals surface area contributed by atoms with Gasteiger partial charge in [0.2, 0.25) is 11.9 Å². The minimum absolute atomic E-state index is 0.0991. The van der Waals surface area contributed by atoms with Gasteiger partial charge in [0.15, 0.2) is 0 Å². The third-order valence-corrected chi connectivity index (χ3v) is 5.86. The van der Waals surface area contributed by atoms with Crippen LogP contribution in [0.25, 0.3) is 0 Å². The first-order valence-corrected chi connectivity index (χ1v) is 10.7. The van der Waals surface area contributed by atoms with Gasteiger partial charge in [0.25, 0.3) is 5.56 Å². The van der Waals surface area contributed by atoms with Crippen LogP contribution in [0.5, 0.6) is 6.01 Å². The first-order chi connectivity index (χ1) is 14.2. The van der Waals surface area contributed by atoms with E-state index in [1.54, 1.807) is 13.2 Å². The van der Waals surface area contributed by atoms with Gasteiger partial charge in [-0.3, -0.25) is 4.79 Å². The maximum absolute atomic E-state index is 12.2. The molecule has 0 saturated carbocycles. The first kappa shape index (κ1) is 19.7. The van der Waals surface area contributed by atoms with Crippen molar-refractivity contribution in [3.63, 3.8) is 0 Å². The summed E-state index contributed by atoms with van der Waals surface area (Å²) in [4.78, 5) is 28.0. The van der Waals surface area contributed by atoms with Crippen LogP contribution >= 0.6 is 0 Å². The Morgan fingerprint density at radius 1 is 1.14 bits per heavy atom. The summed E-state index contributed by atoms with van der Waals surface area (Å²) in [7, 11) is 1.58. The lowest BCUT2D eigenvalue weighted by molar-refractivity contribution is 0.279. The molecule has 0 unspecified atom stereocenters. The number of nitrogens with one attached hydrogen (secondary N) is 1. The summed E-state index contributed by atoms with van der Waals surface area (Å²) in [6, 6.07) is 5.92. The molecule has 2 aliphatic rings. The van der Waals surface area contributed by atoms with Crippen molar-refractivity contribution in [3.8, 4) is 6.01 Å². The molecule has 2 aromatic heterocycles. The highest BCUT2D eigenvalue weighted by atomic mass is 16.5. The fourth-order valence-electron chi connectivity index (χ4n) is 4.47. The predicted octanol–water partition coefficient (Wildman–Crippen LogP) is 2.66. The number of aromatic nitrogens is 4. The van der Waals surface area contributed by atoms with Gasteiger partial charge in [-0.1, -0.05) is 32.3 Å². The number of methoxy groups -OCH3 is 1. The van der Waals surface area contributed by atoms with Crippen molar-refractivity contribution in [2.24, 2.45) is 5.92 Å². The third-order valence-electron chi connectivity index (χ3n) is 5.86. The van der Waals surface area contributed by atoms with E-state index in [-0.39, 0.29) is 5.56 Å². The maximum Gasteiger partial charge on any atom is 0.322 e. The van der Waals surface area contributed by atoms with Crippen molar-refractivity contribution < 1.29 is 4.74 Å². The fraction of sp³-hybridized carbons (Fsp3) is 0.619. The number of nitrogens with zero attached hydrogens (tertiary/aromatic N) is 5. The molecule has 1 N–H and O–H groups in total. The molecule has 2 atom stereocenters. The van der Waals surface area contributed by atoms with Crippen LogP contribution in [0, 0.1) is 5.92 Å². The van der Waals surface area contributed by atoms with Crippen LogP contribution in [0.2, 0.25) is 0 Å². The van der Waals surface area contributed by atoms with Gasteiger partial charge in [-0.25, -0.2) is 0 Å². The fourth-order valence-corrected chi connectivity index (χ4v) is 4.47. The second-order valence-electron chi connectivity index (χ2n) is 8.04. The predicted molar refractivity (Wildman–Crippen MR) is 113 cm³/mol. The second kappa shape index (κ2) is 8.80. The molecular weight excluding hydrogens is 368 g/mol. The van der Waals surface area contributed by atoms with Gasteiger partial charge in [0, 0.05) is 43.9 Å². The van der Waals surface area contributed by atoms with Gasteiger partial charge in [0.1, 0.15) is 0 Å². The highest BCUT2D eigenvalue weighted by Gasteiger charge is 2.35. The van der Waals surface area contributed by atoms with E-state index < -0.39 is 0 Å². The molecule has 4 heterocycles. The molecule has 8 nitrogen and oxygen atoms in total. The lowest BCUT2D eigenvalue weighted by Crippen LogP contribution is -2.47. The van der Waals surface area contributed by atoms with Crippen molar-refractivity contribution in [1.82, 2.24) is 19.5 Å². The Hall–Kier alpha value is -2.64. The highest BCUT2D eigenvalue weighted by Crippen LogP contribution is 2.36. The quantitative estimate of drug-likeness (QED) is 0.684. The number of fused-ring (bicyclic) bond motifs is 4. The van der Waals surface area contributed by atoms with Gasteiger partial charge in [-0.2, -0.15) is 15.0 Å². The standard InChI is InChI=1S/C21H30N6O2/c1-3-4-5-6-10-22-19-23-20(25-21(24-19)29-2)26-12-15-11-16(14-26)17-8-7-9-18(28)27(17)13-15/h7-9,15-16H,3-6,10-14H2,1-2H3,(H,22,23,24,25)/t15-,16-/m0/s1. The number of hydrogen-bond acceptors (Lipinski definition) is 7. The van der Waals surface area contributed by atoms with Gasteiger partial charge >= 0.3 is 6.01 Å². The summed E-state index contributed by atoms with van der Waals surface area (Å²) < 4.78 is 7.26. The number of ether oxygens (including phenoxy) is 1. The zero-order chi connectivity index (χ0) is 20.2. The molecule has 8 heteroatoms. The van der Waals surface area contributed by atoms with E-state index in [9.17, 15) is 4.79 Å². The Bertz CT molecular complexity index is 899. The van der Waals surface area contributed by atoms with Crippen LogP contribution < -0.4 is 20.5 Å². The van der Waals surface area contributed by atoms with E-state index in [0.717, 1.165) is 44.7 Å². The summed E-state index contributed by atoms with van der Waals surface area (Å²) in [6.07, 6.45) is 5.86. The molecular formula is C21H30N6O2. The lowest BCUT2D eigenvalue weighted by atomic mass is 9.83. The maximum atomic E-state index is 12.2. The number of rotatable bonds is 8. The van der Waals surface area contributed by atoms with Crippen molar-refractivity contribution in [1.29, 1.82) is 0 Å². The first-order valence-electron chi connectivity index (χ1n) is 10.7. The molecule has 1 saturated heterocycles. The van der Waals surface area contributed by atoms with Gasteiger partial charge < -0.3 is 19.5 Å². The van der Waals surface area contributed by atoms with Crippen molar-refractivity contribution in [3.05, 3.63) is 34.2 Å². The molecule has 2 bridgehead atoms. The third kappa shape index (κ3) is 4.36.